The number of nitrogens with zero attached hydrogens (tertiary/aromatic N) is 3. The summed E-state index contributed by atoms with van der Waals surface area (Å²) in [5.41, 5.74) is 1.12. The van der Waals surface area contributed by atoms with Gasteiger partial charge in [-0.1, -0.05) is 48.4 Å². The van der Waals surface area contributed by atoms with Crippen LogP contribution in [0.4, 0.5) is 13.2 Å². The number of aromatic nitrogens is 2. The molecular formula is C27H26ClF3N4O. The van der Waals surface area contributed by atoms with E-state index in [1.54, 1.807) is 12.4 Å². The van der Waals surface area contributed by atoms with E-state index < -0.39 is 34.4 Å². The van der Waals surface area contributed by atoms with Gasteiger partial charge in [-0.25, -0.2) is 4.98 Å². The molecule has 3 heterocycles. The fraction of sp³-hybridized carbons (Fsp3) is 0.296. The lowest BCUT2D eigenvalue weighted by Gasteiger charge is -2.40. The molecule has 188 valence electrons. The molecule has 0 unspecified atom stereocenters. The Morgan fingerprint density at radius 2 is 2.00 bits per heavy atom. The first kappa shape index (κ1) is 25.9. The Hall–Kier alpha value is -3.23. The highest BCUT2D eigenvalue weighted by molar-refractivity contribution is 6.34. The smallest absolute Gasteiger partial charge is 0.342 e. The van der Waals surface area contributed by atoms with Crippen LogP contribution in [0.1, 0.15) is 46.9 Å². The number of likely N-dealkylation sites (tertiary alicyclic amines) is 1. The number of hydrogen-bond donors (Lipinski definition) is 1. The lowest BCUT2D eigenvalue weighted by Crippen LogP contribution is -2.49. The summed E-state index contributed by atoms with van der Waals surface area (Å²) >= 11 is 6.01. The zero-order chi connectivity index (χ0) is 25.7. The van der Waals surface area contributed by atoms with Gasteiger partial charge >= 0.3 is 6.18 Å². The van der Waals surface area contributed by atoms with Crippen LogP contribution in [0.2, 0.25) is 5.02 Å². The summed E-state index contributed by atoms with van der Waals surface area (Å²) in [4.78, 5) is 23.6. The number of carbonyl (C=O) groups is 1. The Labute approximate surface area is 213 Å². The van der Waals surface area contributed by atoms with Crippen LogP contribution in [-0.4, -0.2) is 39.9 Å². The first-order valence-electron chi connectivity index (χ1n) is 11.7. The van der Waals surface area contributed by atoms with Gasteiger partial charge in [0.05, 0.1) is 16.6 Å². The van der Waals surface area contributed by atoms with Gasteiger partial charge in [-0.15, -0.1) is 6.58 Å². The molecule has 36 heavy (non-hydrogen) atoms. The Balaban J connectivity index is 1.73. The van der Waals surface area contributed by atoms with Crippen molar-refractivity contribution in [3.8, 4) is 11.1 Å². The number of carbonyl (C=O) groups excluding carboxylic acids is 1. The van der Waals surface area contributed by atoms with E-state index in [0.717, 1.165) is 54.8 Å². The largest absolute Gasteiger partial charge is 0.417 e. The predicted octanol–water partition coefficient (Wildman–Crippen LogP) is 6.33. The zero-order valence-electron chi connectivity index (χ0n) is 19.5. The van der Waals surface area contributed by atoms with Crippen molar-refractivity contribution in [1.29, 1.82) is 0 Å². The fourth-order valence-corrected chi connectivity index (χ4v) is 4.97. The van der Waals surface area contributed by atoms with E-state index in [9.17, 15) is 18.0 Å². The van der Waals surface area contributed by atoms with Crippen LogP contribution in [0.3, 0.4) is 0 Å². The molecule has 1 fully saturated rings. The van der Waals surface area contributed by atoms with E-state index in [0.29, 0.717) is 6.54 Å². The minimum Gasteiger partial charge on any atom is -0.342 e. The number of piperidine rings is 1. The molecule has 1 N–H and O–H groups in total. The van der Waals surface area contributed by atoms with Crippen molar-refractivity contribution >= 4 is 17.5 Å². The first-order valence-corrected chi connectivity index (χ1v) is 12.0. The standard InChI is InChI=1S/C27H26ClF3N4O/c1-2-14-35-15-4-3-10-22(35)24(19-8-5-7-18(16-19)20-9-6-12-32-17-20)34-26(36)25-23(28)21(11-13-33-25)27(29,30)31/h2,5-9,11-13,16-17,22,24H,1,3-4,10,14-15H2,(H,34,36)/t22-,24-/m0/s1. The molecule has 0 bridgehead atoms. The predicted molar refractivity (Wildman–Crippen MR) is 134 cm³/mol. The van der Waals surface area contributed by atoms with E-state index in [4.69, 9.17) is 11.6 Å². The maximum Gasteiger partial charge on any atom is 0.417 e. The van der Waals surface area contributed by atoms with Gasteiger partial charge in [0, 0.05) is 31.2 Å². The van der Waals surface area contributed by atoms with Crippen LogP contribution in [0.25, 0.3) is 11.1 Å². The van der Waals surface area contributed by atoms with Gasteiger partial charge in [-0.2, -0.15) is 13.2 Å². The van der Waals surface area contributed by atoms with Crippen LogP contribution < -0.4 is 5.32 Å². The molecule has 0 saturated carbocycles. The van der Waals surface area contributed by atoms with Crippen LogP contribution in [0.15, 0.2) is 73.7 Å². The molecule has 1 aliphatic rings. The number of alkyl halides is 3. The Morgan fingerprint density at radius 3 is 2.72 bits per heavy atom. The molecule has 5 nitrogen and oxygen atoms in total. The molecule has 0 radical (unpaired) electrons. The molecule has 1 aliphatic heterocycles. The lowest BCUT2D eigenvalue weighted by molar-refractivity contribution is -0.137. The first-order chi connectivity index (χ1) is 17.3. The number of hydrogen-bond acceptors (Lipinski definition) is 4. The lowest BCUT2D eigenvalue weighted by atomic mass is 9.89. The normalized spacial score (nSPS) is 17.4. The highest BCUT2D eigenvalue weighted by Gasteiger charge is 2.37. The van der Waals surface area contributed by atoms with Crippen molar-refractivity contribution in [2.45, 2.75) is 37.5 Å². The summed E-state index contributed by atoms with van der Waals surface area (Å²) in [6.45, 7) is 5.31. The second-order valence-electron chi connectivity index (χ2n) is 8.68. The van der Waals surface area contributed by atoms with E-state index in [1.165, 1.54) is 0 Å². The maximum absolute atomic E-state index is 13.4. The summed E-state index contributed by atoms with van der Waals surface area (Å²) in [6, 6.07) is 11.7. The number of benzene rings is 1. The Bertz CT molecular complexity index is 1220. The molecule has 0 spiro atoms. The zero-order valence-corrected chi connectivity index (χ0v) is 20.3. The molecule has 0 aliphatic carbocycles. The van der Waals surface area contributed by atoms with E-state index in [1.807, 2.05) is 42.5 Å². The van der Waals surface area contributed by atoms with Crippen molar-refractivity contribution in [2.75, 3.05) is 13.1 Å². The number of nitrogens with one attached hydrogen (secondary N) is 1. The van der Waals surface area contributed by atoms with Gasteiger partial charge in [0.2, 0.25) is 0 Å². The van der Waals surface area contributed by atoms with Crippen molar-refractivity contribution in [2.24, 2.45) is 0 Å². The molecule has 1 amide bonds. The SMILES string of the molecule is C=CCN1CCCC[C@H]1[C@@H](NC(=O)c1nccc(C(F)(F)F)c1Cl)c1cccc(-c2cccnc2)c1. The molecule has 2 aromatic heterocycles. The summed E-state index contributed by atoms with van der Waals surface area (Å²) in [5, 5.41) is 2.25. The molecule has 4 rings (SSSR count). The monoisotopic (exact) mass is 514 g/mol. The highest BCUT2D eigenvalue weighted by atomic mass is 35.5. The summed E-state index contributed by atoms with van der Waals surface area (Å²) < 4.78 is 40.2. The summed E-state index contributed by atoms with van der Waals surface area (Å²) in [5.74, 6) is -0.757. The number of amides is 1. The minimum absolute atomic E-state index is 0.0885. The third-order valence-corrected chi connectivity index (χ3v) is 6.73. The molecule has 1 aromatic carbocycles. The molecule has 3 aromatic rings. The van der Waals surface area contributed by atoms with Gasteiger partial charge in [-0.05, 0) is 54.3 Å². The maximum atomic E-state index is 13.4. The Morgan fingerprint density at radius 1 is 1.19 bits per heavy atom. The summed E-state index contributed by atoms with van der Waals surface area (Å²) in [6.07, 6.45) is 4.30. The second kappa shape index (κ2) is 11.2. The molecular weight excluding hydrogens is 489 g/mol. The fourth-order valence-electron chi connectivity index (χ4n) is 4.66. The van der Waals surface area contributed by atoms with Crippen molar-refractivity contribution < 1.29 is 18.0 Å². The van der Waals surface area contributed by atoms with Crippen LogP contribution in [0, 0.1) is 0 Å². The van der Waals surface area contributed by atoms with Crippen molar-refractivity contribution in [3.05, 3.63) is 95.6 Å². The number of rotatable bonds is 7. The molecule has 1 saturated heterocycles. The third kappa shape index (κ3) is 5.77. The topological polar surface area (TPSA) is 58.1 Å². The second-order valence-corrected chi connectivity index (χ2v) is 9.06. The number of halogens is 4. The van der Waals surface area contributed by atoms with Gasteiger partial charge in [-0.3, -0.25) is 14.7 Å². The van der Waals surface area contributed by atoms with Gasteiger partial charge < -0.3 is 5.32 Å². The van der Waals surface area contributed by atoms with Crippen molar-refractivity contribution in [1.82, 2.24) is 20.2 Å². The van der Waals surface area contributed by atoms with Gasteiger partial charge in [0.25, 0.3) is 5.91 Å². The number of pyridine rings is 2. The quantitative estimate of drug-likeness (QED) is 0.374. The van der Waals surface area contributed by atoms with E-state index in [-0.39, 0.29) is 6.04 Å². The average molecular weight is 515 g/mol. The molecule has 2 atom stereocenters. The highest BCUT2D eigenvalue weighted by Crippen LogP contribution is 2.36. The minimum atomic E-state index is -4.70. The van der Waals surface area contributed by atoms with Gasteiger partial charge in [0.1, 0.15) is 5.69 Å². The van der Waals surface area contributed by atoms with Crippen LogP contribution in [-0.2, 0) is 6.18 Å². The Kier molecular flexibility index (Phi) is 8.06. The average Bonchev–Trinajstić information content (AvgIpc) is 2.88. The van der Waals surface area contributed by atoms with E-state index >= 15 is 0 Å². The summed E-state index contributed by atoms with van der Waals surface area (Å²) in [7, 11) is 0. The van der Waals surface area contributed by atoms with Gasteiger partial charge in [0.15, 0.2) is 0 Å². The van der Waals surface area contributed by atoms with Crippen molar-refractivity contribution in [3.63, 3.8) is 0 Å². The van der Waals surface area contributed by atoms with E-state index in [2.05, 4.69) is 26.8 Å². The molecule has 9 heteroatoms. The van der Waals surface area contributed by atoms with Crippen LogP contribution in [0.5, 0.6) is 0 Å². The van der Waals surface area contributed by atoms with Crippen LogP contribution >= 0.6 is 11.6 Å². The third-order valence-electron chi connectivity index (χ3n) is 6.35.